The third-order valence-electron chi connectivity index (χ3n) is 6.09. The lowest BCUT2D eigenvalue weighted by molar-refractivity contribution is -0.132. The van der Waals surface area contributed by atoms with E-state index in [1.54, 1.807) is 77.9 Å². The van der Waals surface area contributed by atoms with Crippen LogP contribution < -0.4 is 10.2 Å². The number of benzene rings is 2. The highest BCUT2D eigenvalue weighted by molar-refractivity contribution is 7.91. The van der Waals surface area contributed by atoms with Gasteiger partial charge in [-0.25, -0.2) is 13.4 Å². The Labute approximate surface area is 203 Å². The van der Waals surface area contributed by atoms with E-state index in [0.717, 1.165) is 16.3 Å². The van der Waals surface area contributed by atoms with E-state index in [4.69, 9.17) is 0 Å². The molecule has 0 radical (unpaired) electrons. The van der Waals surface area contributed by atoms with Crippen molar-refractivity contribution >= 4 is 38.7 Å². The van der Waals surface area contributed by atoms with Crippen LogP contribution in [0.5, 0.6) is 0 Å². The number of hydrogen-bond donors (Lipinski definition) is 1. The van der Waals surface area contributed by atoms with Gasteiger partial charge in [0.2, 0.25) is 5.91 Å². The van der Waals surface area contributed by atoms with Crippen molar-refractivity contribution < 1.29 is 18.0 Å². The van der Waals surface area contributed by atoms with Gasteiger partial charge < -0.3 is 10.2 Å². The van der Waals surface area contributed by atoms with Crippen molar-refractivity contribution in [2.24, 2.45) is 11.8 Å². The highest BCUT2D eigenvalue weighted by Crippen LogP contribution is 2.47. The van der Waals surface area contributed by atoms with Gasteiger partial charge in [0.25, 0.3) is 5.91 Å². The van der Waals surface area contributed by atoms with Crippen LogP contribution in [0.15, 0.2) is 65.0 Å². The molecule has 34 heavy (non-hydrogen) atoms. The Morgan fingerprint density at radius 2 is 1.79 bits per heavy atom. The summed E-state index contributed by atoms with van der Waals surface area (Å²) >= 11 is 1.54. The Hall–Kier alpha value is -3.04. The smallest absolute Gasteiger partial charge is 0.251 e. The number of carbonyl (C=O) groups is 2. The average molecular weight is 498 g/mol. The molecule has 2 heterocycles. The largest absolute Gasteiger partial charge is 0.348 e. The van der Waals surface area contributed by atoms with E-state index in [1.165, 1.54) is 0 Å². The predicted molar refractivity (Wildman–Crippen MR) is 132 cm³/mol. The Kier molecular flexibility index (Phi) is 6.86. The molecule has 1 aliphatic rings. The number of sulfone groups is 1. The van der Waals surface area contributed by atoms with Crippen molar-refractivity contribution in [1.29, 1.82) is 0 Å². The van der Waals surface area contributed by atoms with Crippen LogP contribution in [0.3, 0.4) is 0 Å². The van der Waals surface area contributed by atoms with Crippen LogP contribution in [0.1, 0.15) is 47.7 Å². The van der Waals surface area contributed by atoms with Crippen molar-refractivity contribution in [3.63, 3.8) is 0 Å². The van der Waals surface area contributed by atoms with Gasteiger partial charge >= 0.3 is 0 Å². The SMILES string of the molecule is CCS(=O)(=O)c1ccc(CNC(=O)c2ccc(N3C(=O)[C@H](C(C)C)[C@H]3c3nccs3)cc2)cc1. The Morgan fingerprint density at radius 3 is 2.35 bits per heavy atom. The summed E-state index contributed by atoms with van der Waals surface area (Å²) in [6, 6.07) is 13.4. The van der Waals surface area contributed by atoms with Gasteiger partial charge in [-0.15, -0.1) is 11.3 Å². The van der Waals surface area contributed by atoms with Gasteiger partial charge in [-0.1, -0.05) is 32.9 Å². The van der Waals surface area contributed by atoms with E-state index >= 15 is 0 Å². The minimum Gasteiger partial charge on any atom is -0.348 e. The molecular formula is C25H27N3O4S2. The number of nitrogens with zero attached hydrogens (tertiary/aromatic N) is 2. The average Bonchev–Trinajstić information content (AvgIpc) is 3.35. The first kappa shape index (κ1) is 24.1. The summed E-state index contributed by atoms with van der Waals surface area (Å²) in [5, 5.41) is 5.68. The minimum absolute atomic E-state index is 0.0464. The number of carbonyl (C=O) groups excluding carboxylic acids is 2. The summed E-state index contributed by atoms with van der Waals surface area (Å²) in [6.07, 6.45) is 1.75. The molecule has 1 aliphatic heterocycles. The number of thiazole rings is 1. The van der Waals surface area contributed by atoms with E-state index in [1.807, 2.05) is 19.2 Å². The lowest BCUT2D eigenvalue weighted by Gasteiger charge is -2.48. The van der Waals surface area contributed by atoms with Crippen LogP contribution in [0.4, 0.5) is 5.69 Å². The minimum atomic E-state index is -3.25. The number of amides is 2. The molecule has 0 aliphatic carbocycles. The Bertz CT molecular complexity index is 1270. The van der Waals surface area contributed by atoms with E-state index in [-0.39, 0.29) is 46.9 Å². The molecular weight excluding hydrogens is 470 g/mol. The van der Waals surface area contributed by atoms with Crippen molar-refractivity contribution in [1.82, 2.24) is 10.3 Å². The third-order valence-corrected chi connectivity index (χ3v) is 8.68. The van der Waals surface area contributed by atoms with E-state index < -0.39 is 9.84 Å². The molecule has 9 heteroatoms. The lowest BCUT2D eigenvalue weighted by Crippen LogP contribution is -2.57. The number of rotatable bonds is 8. The topological polar surface area (TPSA) is 96.4 Å². The van der Waals surface area contributed by atoms with Gasteiger partial charge in [0.05, 0.1) is 16.6 Å². The van der Waals surface area contributed by atoms with Crippen LogP contribution in [0.25, 0.3) is 0 Å². The fourth-order valence-corrected chi connectivity index (χ4v) is 5.79. The molecule has 0 saturated carbocycles. The second-order valence-corrected chi connectivity index (χ2v) is 11.8. The van der Waals surface area contributed by atoms with Gasteiger partial charge in [0.15, 0.2) is 9.84 Å². The zero-order valence-electron chi connectivity index (χ0n) is 19.3. The summed E-state index contributed by atoms with van der Waals surface area (Å²) in [6.45, 7) is 5.97. The first-order valence-corrected chi connectivity index (χ1v) is 13.7. The third kappa shape index (κ3) is 4.63. The molecule has 2 aromatic carbocycles. The first-order valence-electron chi connectivity index (χ1n) is 11.2. The van der Waals surface area contributed by atoms with Crippen molar-refractivity contribution in [3.8, 4) is 0 Å². The highest BCUT2D eigenvalue weighted by atomic mass is 32.2. The number of nitrogens with one attached hydrogen (secondary N) is 1. The molecule has 7 nitrogen and oxygen atoms in total. The molecule has 2 atom stereocenters. The second-order valence-electron chi connectivity index (χ2n) is 8.57. The summed E-state index contributed by atoms with van der Waals surface area (Å²) in [7, 11) is -3.25. The van der Waals surface area contributed by atoms with E-state index in [2.05, 4.69) is 10.3 Å². The second kappa shape index (κ2) is 9.68. The van der Waals surface area contributed by atoms with Crippen LogP contribution in [0, 0.1) is 11.8 Å². The summed E-state index contributed by atoms with van der Waals surface area (Å²) < 4.78 is 23.9. The standard InChI is InChI=1S/C25H27N3O4S2/c1-4-34(31,32)20-11-5-17(6-12-20)15-27-23(29)18-7-9-19(10-8-18)28-22(24-26-13-14-33-24)21(16(2)3)25(28)30/h5-14,16,21-22H,4,15H2,1-3H3,(H,27,29)/t21-,22+/m1/s1. The van der Waals surface area contributed by atoms with Crippen LogP contribution in [-0.2, 0) is 21.2 Å². The molecule has 0 unspecified atom stereocenters. The molecule has 4 rings (SSSR count). The normalized spacial score (nSPS) is 18.1. The lowest BCUT2D eigenvalue weighted by atomic mass is 9.78. The van der Waals surface area contributed by atoms with Crippen LogP contribution in [0.2, 0.25) is 0 Å². The molecule has 1 aromatic heterocycles. The van der Waals surface area contributed by atoms with Gasteiger partial charge in [-0.2, -0.15) is 0 Å². The summed E-state index contributed by atoms with van der Waals surface area (Å²) in [5.74, 6) is -0.0268. The van der Waals surface area contributed by atoms with Gasteiger partial charge in [-0.3, -0.25) is 9.59 Å². The van der Waals surface area contributed by atoms with Crippen molar-refractivity contribution in [2.75, 3.05) is 10.7 Å². The summed E-state index contributed by atoms with van der Waals surface area (Å²) in [5.41, 5.74) is 2.02. The van der Waals surface area contributed by atoms with Crippen molar-refractivity contribution in [2.45, 2.75) is 38.3 Å². The number of anilines is 1. The molecule has 2 amide bonds. The fourth-order valence-electron chi connectivity index (χ4n) is 4.13. The molecule has 1 saturated heterocycles. The number of β-lactam (4-membered cyclic amide) rings is 1. The molecule has 178 valence electrons. The van der Waals surface area contributed by atoms with Crippen LogP contribution >= 0.6 is 11.3 Å². The predicted octanol–water partition coefficient (Wildman–Crippen LogP) is 4.23. The van der Waals surface area contributed by atoms with Gasteiger partial charge in [0.1, 0.15) is 11.0 Å². The quantitative estimate of drug-likeness (QED) is 0.470. The molecule has 0 spiro atoms. The van der Waals surface area contributed by atoms with Crippen LogP contribution in [-0.4, -0.2) is 31.0 Å². The molecule has 1 fully saturated rings. The molecule has 1 N–H and O–H groups in total. The van der Waals surface area contributed by atoms with Crippen molar-refractivity contribution in [3.05, 3.63) is 76.2 Å². The maximum Gasteiger partial charge on any atom is 0.251 e. The Morgan fingerprint density at radius 1 is 1.12 bits per heavy atom. The zero-order valence-corrected chi connectivity index (χ0v) is 20.9. The van der Waals surface area contributed by atoms with Gasteiger partial charge in [-0.05, 0) is 47.9 Å². The number of hydrogen-bond acceptors (Lipinski definition) is 6. The highest BCUT2D eigenvalue weighted by Gasteiger charge is 2.51. The van der Waals surface area contributed by atoms with E-state index in [9.17, 15) is 18.0 Å². The van der Waals surface area contributed by atoms with E-state index in [0.29, 0.717) is 5.56 Å². The maximum absolute atomic E-state index is 12.9. The first-order chi connectivity index (χ1) is 16.2. The Balaban J connectivity index is 1.42. The monoisotopic (exact) mass is 497 g/mol. The summed E-state index contributed by atoms with van der Waals surface area (Å²) in [4.78, 5) is 32.0. The fraction of sp³-hybridized carbons (Fsp3) is 0.320. The zero-order chi connectivity index (χ0) is 24.5. The molecule has 0 bridgehead atoms. The number of aromatic nitrogens is 1. The maximum atomic E-state index is 12.9. The molecule has 3 aromatic rings. The van der Waals surface area contributed by atoms with Gasteiger partial charge in [0, 0.05) is 29.4 Å².